The number of nitrogens with zero attached hydrogens (tertiary/aromatic N) is 2. The molecule has 2 amide bonds. The van der Waals surface area contributed by atoms with Crippen molar-refractivity contribution < 1.29 is 19.1 Å². The topological polar surface area (TPSA) is 80.8 Å². The van der Waals surface area contributed by atoms with Crippen LogP contribution in [0.3, 0.4) is 0 Å². The second-order valence-electron chi connectivity index (χ2n) is 6.98. The summed E-state index contributed by atoms with van der Waals surface area (Å²) in [7, 11) is 0. The van der Waals surface area contributed by atoms with Crippen LogP contribution < -0.4 is 19.7 Å². The van der Waals surface area contributed by atoms with Crippen LogP contribution in [-0.2, 0) is 16.0 Å². The molecule has 0 saturated heterocycles. The molecule has 31 heavy (non-hydrogen) atoms. The monoisotopic (exact) mass is 437 g/mol. The van der Waals surface area contributed by atoms with Crippen LogP contribution in [0.5, 0.6) is 11.5 Å². The molecule has 0 aliphatic carbocycles. The molecule has 0 saturated carbocycles. The normalized spacial score (nSPS) is 12.8. The number of rotatable bonds is 7. The molecule has 7 nitrogen and oxygen atoms in total. The van der Waals surface area contributed by atoms with Crippen molar-refractivity contribution in [3.63, 3.8) is 0 Å². The zero-order valence-electron chi connectivity index (χ0n) is 17.4. The lowest BCUT2D eigenvalue weighted by atomic mass is 10.1. The number of fused-ring (bicyclic) bond motifs is 1. The minimum absolute atomic E-state index is 0.0534. The van der Waals surface area contributed by atoms with E-state index < -0.39 is 0 Å². The van der Waals surface area contributed by atoms with E-state index in [0.29, 0.717) is 28.9 Å². The van der Waals surface area contributed by atoms with E-state index >= 15 is 0 Å². The van der Waals surface area contributed by atoms with Crippen molar-refractivity contribution in [2.75, 3.05) is 30.0 Å². The summed E-state index contributed by atoms with van der Waals surface area (Å²) in [5.41, 5.74) is 3.45. The molecule has 0 atom stereocenters. The first-order chi connectivity index (χ1) is 15.1. The van der Waals surface area contributed by atoms with Crippen molar-refractivity contribution in [3.05, 3.63) is 53.4 Å². The van der Waals surface area contributed by atoms with Gasteiger partial charge in [0.2, 0.25) is 0 Å². The first-order valence-corrected chi connectivity index (χ1v) is 11.0. The van der Waals surface area contributed by atoms with Gasteiger partial charge in [0.05, 0.1) is 11.4 Å². The molecule has 1 N–H and O–H groups in total. The highest BCUT2D eigenvalue weighted by Crippen LogP contribution is 2.36. The van der Waals surface area contributed by atoms with Crippen LogP contribution in [0, 0.1) is 0 Å². The number of nitrogens with one attached hydrogen (secondary N) is 1. The van der Waals surface area contributed by atoms with Crippen molar-refractivity contribution in [1.29, 1.82) is 0 Å². The van der Waals surface area contributed by atoms with Gasteiger partial charge in [-0.1, -0.05) is 19.1 Å². The van der Waals surface area contributed by atoms with Crippen molar-refractivity contribution in [3.8, 4) is 22.8 Å². The van der Waals surface area contributed by atoms with Crippen LogP contribution in [0.15, 0.2) is 47.8 Å². The van der Waals surface area contributed by atoms with Crippen molar-refractivity contribution in [1.82, 2.24) is 4.98 Å². The quantitative estimate of drug-likeness (QED) is 0.601. The fraction of sp³-hybridized carbons (Fsp3) is 0.261. The van der Waals surface area contributed by atoms with Gasteiger partial charge in [-0.15, -0.1) is 11.3 Å². The van der Waals surface area contributed by atoms with Crippen molar-refractivity contribution in [2.45, 2.75) is 20.3 Å². The first-order valence-electron chi connectivity index (χ1n) is 10.1. The minimum atomic E-state index is -0.274. The van der Waals surface area contributed by atoms with Gasteiger partial charge in [0.15, 0.2) is 18.3 Å². The molecule has 1 aromatic heterocycles. The largest absolute Gasteiger partial charge is 0.484 e. The molecular formula is C23H23N3O4S. The highest BCUT2D eigenvalue weighted by atomic mass is 32.1. The van der Waals surface area contributed by atoms with E-state index in [0.717, 1.165) is 23.2 Å². The number of amides is 2. The number of hydrogen-bond donors (Lipinski definition) is 1. The van der Waals surface area contributed by atoms with E-state index in [1.807, 2.05) is 54.8 Å². The Hall–Kier alpha value is -3.39. The maximum atomic E-state index is 12.3. The van der Waals surface area contributed by atoms with Crippen LogP contribution in [-0.4, -0.2) is 36.6 Å². The summed E-state index contributed by atoms with van der Waals surface area (Å²) < 4.78 is 11.1. The summed E-state index contributed by atoms with van der Waals surface area (Å²) in [6.07, 6.45) is 0.907. The average molecular weight is 438 g/mol. The van der Waals surface area contributed by atoms with Gasteiger partial charge in [0, 0.05) is 17.5 Å². The van der Waals surface area contributed by atoms with Crippen LogP contribution in [0.1, 0.15) is 19.4 Å². The van der Waals surface area contributed by atoms with Crippen LogP contribution in [0.2, 0.25) is 0 Å². The fourth-order valence-corrected chi connectivity index (χ4v) is 4.07. The number of benzene rings is 2. The van der Waals surface area contributed by atoms with Crippen molar-refractivity contribution in [2.24, 2.45) is 0 Å². The van der Waals surface area contributed by atoms with E-state index in [9.17, 15) is 9.59 Å². The molecule has 2 heterocycles. The molecular weight excluding hydrogens is 414 g/mol. The third-order valence-corrected chi connectivity index (χ3v) is 5.70. The van der Waals surface area contributed by atoms with Gasteiger partial charge >= 0.3 is 0 Å². The third-order valence-electron chi connectivity index (χ3n) is 4.94. The number of aromatic nitrogens is 1. The molecule has 8 heteroatoms. The van der Waals surface area contributed by atoms with Crippen molar-refractivity contribution >= 4 is 34.0 Å². The summed E-state index contributed by atoms with van der Waals surface area (Å²) in [5, 5.41) is 5.13. The lowest BCUT2D eigenvalue weighted by Gasteiger charge is -2.28. The number of likely N-dealkylation sites (N-methyl/N-ethyl adjacent to an activating group) is 1. The summed E-state index contributed by atoms with van der Waals surface area (Å²) in [6.45, 7) is 4.53. The Bertz CT molecular complexity index is 1110. The number of hydrogen-bond acceptors (Lipinski definition) is 6. The zero-order valence-corrected chi connectivity index (χ0v) is 18.2. The van der Waals surface area contributed by atoms with Gasteiger partial charge in [-0.05, 0) is 49.2 Å². The molecule has 0 spiro atoms. The number of aryl methyl sites for hydroxylation is 1. The third kappa shape index (κ3) is 4.69. The maximum Gasteiger partial charge on any atom is 0.265 e. The maximum absolute atomic E-state index is 12.3. The smallest absolute Gasteiger partial charge is 0.265 e. The Morgan fingerprint density at radius 1 is 1.26 bits per heavy atom. The van der Waals surface area contributed by atoms with Gasteiger partial charge in [0.1, 0.15) is 11.5 Å². The van der Waals surface area contributed by atoms with E-state index in [1.54, 1.807) is 4.90 Å². The minimum Gasteiger partial charge on any atom is -0.484 e. The number of thiazole rings is 1. The van der Waals surface area contributed by atoms with E-state index in [4.69, 9.17) is 9.47 Å². The molecule has 0 fully saturated rings. The molecule has 160 valence electrons. The predicted octanol–water partition coefficient (Wildman–Crippen LogP) is 4.14. The van der Waals surface area contributed by atoms with E-state index in [-0.39, 0.29) is 25.0 Å². The molecule has 0 unspecified atom stereocenters. The second-order valence-corrected chi connectivity index (χ2v) is 7.84. The Labute approximate surface area is 184 Å². The molecule has 1 aliphatic rings. The SMILES string of the molecule is CCc1cccc(OCC(=O)Nc2nc(-c3ccc4c(c3)N(CC)C(=O)CO4)cs2)c1. The Morgan fingerprint density at radius 2 is 2.13 bits per heavy atom. The van der Waals surface area contributed by atoms with E-state index in [1.165, 1.54) is 11.3 Å². The lowest BCUT2D eigenvalue weighted by molar-refractivity contribution is -0.121. The summed E-state index contributed by atoms with van der Waals surface area (Å²) >= 11 is 1.33. The van der Waals surface area contributed by atoms with Gasteiger partial charge in [-0.25, -0.2) is 4.98 Å². The molecule has 1 aliphatic heterocycles. The predicted molar refractivity (Wildman–Crippen MR) is 121 cm³/mol. The van der Waals surface area contributed by atoms with Gasteiger partial charge in [0.25, 0.3) is 11.8 Å². The fourth-order valence-electron chi connectivity index (χ4n) is 3.33. The number of carbonyl (C=O) groups excluding carboxylic acids is 2. The average Bonchev–Trinajstić information content (AvgIpc) is 3.26. The van der Waals surface area contributed by atoms with Gasteiger partial charge < -0.3 is 14.4 Å². The van der Waals surface area contributed by atoms with Crippen LogP contribution >= 0.6 is 11.3 Å². The zero-order chi connectivity index (χ0) is 21.8. The number of ether oxygens (including phenoxy) is 2. The lowest BCUT2D eigenvalue weighted by Crippen LogP contribution is -2.38. The second kappa shape index (κ2) is 9.18. The van der Waals surface area contributed by atoms with E-state index in [2.05, 4.69) is 17.2 Å². The highest BCUT2D eigenvalue weighted by molar-refractivity contribution is 7.14. The standard InChI is InChI=1S/C23H23N3O4S/c1-3-15-6-5-7-17(10-15)29-12-21(27)25-23-24-18(14-31-23)16-8-9-20-19(11-16)26(4-2)22(28)13-30-20/h5-11,14H,3-4,12-13H2,1-2H3,(H,24,25,27). The van der Waals surface area contributed by atoms with Crippen LogP contribution in [0.4, 0.5) is 10.8 Å². The van der Waals surface area contributed by atoms with Gasteiger partial charge in [-0.3, -0.25) is 14.9 Å². The molecule has 4 rings (SSSR count). The van der Waals surface area contributed by atoms with Gasteiger partial charge in [-0.2, -0.15) is 0 Å². The number of carbonyl (C=O) groups is 2. The Balaban J connectivity index is 1.42. The molecule has 0 radical (unpaired) electrons. The summed E-state index contributed by atoms with van der Waals surface area (Å²) in [5.74, 6) is 1.01. The van der Waals surface area contributed by atoms with Crippen LogP contribution in [0.25, 0.3) is 11.3 Å². The summed E-state index contributed by atoms with van der Waals surface area (Å²) in [4.78, 5) is 30.6. The highest BCUT2D eigenvalue weighted by Gasteiger charge is 2.24. The molecule has 2 aromatic carbocycles. The first kappa shape index (κ1) is 20.9. The summed E-state index contributed by atoms with van der Waals surface area (Å²) in [6, 6.07) is 13.3. The number of anilines is 2. The Morgan fingerprint density at radius 3 is 2.94 bits per heavy atom. The Kier molecular flexibility index (Phi) is 6.18. The molecule has 0 bridgehead atoms. The molecule has 3 aromatic rings.